The van der Waals surface area contributed by atoms with Gasteiger partial charge in [0.25, 0.3) is 0 Å². The van der Waals surface area contributed by atoms with Crippen molar-refractivity contribution in [3.8, 4) is 0 Å². The van der Waals surface area contributed by atoms with E-state index in [1.165, 1.54) is 0 Å². The summed E-state index contributed by atoms with van der Waals surface area (Å²) in [5, 5.41) is 2.90. The van der Waals surface area contributed by atoms with Gasteiger partial charge in [-0.2, -0.15) is 0 Å². The number of aliphatic imine (C=N–C) groups is 1. The normalized spacial score (nSPS) is 21.4. The number of nitrogens with zero attached hydrogens (tertiary/aromatic N) is 2. The van der Waals surface area contributed by atoms with Gasteiger partial charge in [0.2, 0.25) is 5.91 Å². The molecule has 2 rings (SSSR count). The summed E-state index contributed by atoms with van der Waals surface area (Å²) in [6.45, 7) is 4.34. The Bertz CT molecular complexity index is 309. The van der Waals surface area contributed by atoms with Crippen molar-refractivity contribution in [1.29, 1.82) is 0 Å². The maximum Gasteiger partial charge on any atom is 0.242 e. The predicted molar refractivity (Wildman–Crippen MR) is 83.0 cm³/mol. The molecule has 0 bridgehead atoms. The Morgan fingerprint density at radius 2 is 1.94 bits per heavy atom. The molecule has 1 amide bonds. The summed E-state index contributed by atoms with van der Waals surface area (Å²) >= 11 is 0. The van der Waals surface area contributed by atoms with E-state index in [0.717, 1.165) is 44.7 Å². The molecule has 0 aromatic carbocycles. The molecule has 0 atom stereocenters. The minimum absolute atomic E-state index is 0. The quantitative estimate of drug-likeness (QED) is 0.444. The zero-order valence-electron chi connectivity index (χ0n) is 10.9. The maximum atomic E-state index is 11.4. The third-order valence-electron chi connectivity index (χ3n) is 3.43. The monoisotopic (exact) mass is 366 g/mol. The van der Waals surface area contributed by atoms with Crippen LogP contribution in [0.15, 0.2) is 4.99 Å². The molecule has 1 saturated heterocycles. The number of rotatable bonds is 3. The Labute approximate surface area is 126 Å². The summed E-state index contributed by atoms with van der Waals surface area (Å²) in [6, 6.07) is 0.398. The fourth-order valence-electron chi connectivity index (χ4n) is 1.99. The van der Waals surface area contributed by atoms with Crippen molar-refractivity contribution in [2.75, 3.05) is 19.6 Å². The molecular formula is C12H23IN4O. The van der Waals surface area contributed by atoms with Crippen molar-refractivity contribution < 1.29 is 4.79 Å². The topological polar surface area (TPSA) is 70.7 Å². The number of hydrogen-bond acceptors (Lipinski definition) is 2. The first-order valence-corrected chi connectivity index (χ1v) is 6.49. The molecule has 1 saturated carbocycles. The van der Waals surface area contributed by atoms with Crippen molar-refractivity contribution >= 4 is 35.8 Å². The molecule has 0 spiro atoms. The Morgan fingerprint density at radius 3 is 2.50 bits per heavy atom. The molecule has 1 heterocycles. The summed E-state index contributed by atoms with van der Waals surface area (Å²) in [5.41, 5.74) is 5.88. The van der Waals surface area contributed by atoms with Gasteiger partial charge >= 0.3 is 0 Å². The molecule has 1 aliphatic carbocycles. The number of halogens is 1. The lowest BCUT2D eigenvalue weighted by atomic mass is 10.00. The molecule has 0 aromatic rings. The second-order valence-corrected chi connectivity index (χ2v) is 5.19. The molecule has 104 valence electrons. The lowest BCUT2D eigenvalue weighted by Crippen LogP contribution is -2.43. The first kappa shape index (κ1) is 15.5. The number of amides is 1. The average molecular weight is 366 g/mol. The molecule has 2 aliphatic rings. The second kappa shape index (κ2) is 7.16. The summed E-state index contributed by atoms with van der Waals surface area (Å²) in [5.74, 6) is 1.28. The summed E-state index contributed by atoms with van der Waals surface area (Å²) in [6.07, 6.45) is 4.53. The molecule has 0 aromatic heterocycles. The van der Waals surface area contributed by atoms with Crippen molar-refractivity contribution in [3.05, 3.63) is 0 Å². The van der Waals surface area contributed by atoms with Crippen LogP contribution in [-0.4, -0.2) is 42.4 Å². The van der Waals surface area contributed by atoms with E-state index < -0.39 is 0 Å². The smallest absolute Gasteiger partial charge is 0.242 e. The molecular weight excluding hydrogens is 343 g/mol. The molecule has 18 heavy (non-hydrogen) atoms. The first-order valence-electron chi connectivity index (χ1n) is 6.49. The van der Waals surface area contributed by atoms with Gasteiger partial charge < -0.3 is 16.0 Å². The summed E-state index contributed by atoms with van der Waals surface area (Å²) in [4.78, 5) is 17.7. The fourth-order valence-corrected chi connectivity index (χ4v) is 1.99. The van der Waals surface area contributed by atoms with Crippen LogP contribution in [0.25, 0.3) is 0 Å². The number of carbonyl (C=O) groups is 1. The van der Waals surface area contributed by atoms with Crippen LogP contribution in [0.5, 0.6) is 0 Å². The standard InChI is InChI=1S/C12H22N4O.HI/c1-9-4-6-16(7-5-9)12(13)14-8-11(17)15-10-2-3-10;/h9-10H,2-8H2,1H3,(H2,13,14)(H,15,17);1H. The lowest BCUT2D eigenvalue weighted by molar-refractivity contribution is -0.119. The highest BCUT2D eigenvalue weighted by Crippen LogP contribution is 2.18. The van der Waals surface area contributed by atoms with Gasteiger partial charge in [-0.1, -0.05) is 6.92 Å². The number of piperidine rings is 1. The predicted octanol–water partition coefficient (Wildman–Crippen LogP) is 0.930. The molecule has 0 unspecified atom stereocenters. The molecule has 2 fully saturated rings. The molecule has 0 radical (unpaired) electrons. The van der Waals surface area contributed by atoms with E-state index in [4.69, 9.17) is 5.73 Å². The van der Waals surface area contributed by atoms with E-state index in [0.29, 0.717) is 12.0 Å². The number of carbonyl (C=O) groups excluding carboxylic acids is 1. The third kappa shape index (κ3) is 4.99. The molecule has 1 aliphatic heterocycles. The summed E-state index contributed by atoms with van der Waals surface area (Å²) < 4.78 is 0. The van der Waals surface area contributed by atoms with Crippen molar-refractivity contribution in [2.24, 2.45) is 16.6 Å². The van der Waals surface area contributed by atoms with Gasteiger partial charge in [-0.15, -0.1) is 24.0 Å². The first-order chi connectivity index (χ1) is 8.15. The third-order valence-corrected chi connectivity index (χ3v) is 3.43. The number of likely N-dealkylation sites (tertiary alicyclic amines) is 1. The van der Waals surface area contributed by atoms with Crippen LogP contribution >= 0.6 is 24.0 Å². The Morgan fingerprint density at radius 1 is 1.33 bits per heavy atom. The van der Waals surface area contributed by atoms with E-state index >= 15 is 0 Å². The van der Waals surface area contributed by atoms with Gasteiger partial charge in [0.05, 0.1) is 0 Å². The number of guanidine groups is 1. The van der Waals surface area contributed by atoms with Crippen molar-refractivity contribution in [2.45, 2.75) is 38.6 Å². The SMILES string of the molecule is CC1CCN(C(N)=NCC(=O)NC2CC2)CC1.I. The summed E-state index contributed by atoms with van der Waals surface area (Å²) in [7, 11) is 0. The van der Waals surface area contributed by atoms with E-state index in [2.05, 4.69) is 22.1 Å². The van der Waals surface area contributed by atoms with Crippen LogP contribution in [0, 0.1) is 5.92 Å². The Kier molecular flexibility index (Phi) is 6.17. The molecule has 3 N–H and O–H groups in total. The van der Waals surface area contributed by atoms with Crippen molar-refractivity contribution in [3.63, 3.8) is 0 Å². The highest BCUT2D eigenvalue weighted by atomic mass is 127. The average Bonchev–Trinajstić information content (AvgIpc) is 3.11. The van der Waals surface area contributed by atoms with Gasteiger partial charge in [0.15, 0.2) is 5.96 Å². The zero-order chi connectivity index (χ0) is 12.3. The van der Waals surface area contributed by atoms with E-state index in [1.807, 2.05) is 0 Å². The zero-order valence-corrected chi connectivity index (χ0v) is 13.2. The van der Waals surface area contributed by atoms with Crippen LogP contribution in [0.1, 0.15) is 32.6 Å². The van der Waals surface area contributed by atoms with Crippen LogP contribution in [-0.2, 0) is 4.79 Å². The van der Waals surface area contributed by atoms with Crippen LogP contribution in [0.2, 0.25) is 0 Å². The Hall–Kier alpha value is -0.530. The van der Waals surface area contributed by atoms with Gasteiger partial charge in [-0.25, -0.2) is 4.99 Å². The van der Waals surface area contributed by atoms with Gasteiger partial charge in [-0.3, -0.25) is 4.79 Å². The van der Waals surface area contributed by atoms with Gasteiger partial charge in [0.1, 0.15) is 6.54 Å². The van der Waals surface area contributed by atoms with Crippen molar-refractivity contribution in [1.82, 2.24) is 10.2 Å². The molecule has 6 heteroatoms. The number of hydrogen-bond donors (Lipinski definition) is 2. The number of nitrogens with two attached hydrogens (primary N) is 1. The van der Waals surface area contributed by atoms with Crippen LogP contribution < -0.4 is 11.1 Å². The van der Waals surface area contributed by atoms with E-state index in [9.17, 15) is 4.79 Å². The van der Waals surface area contributed by atoms with Crippen LogP contribution in [0.3, 0.4) is 0 Å². The van der Waals surface area contributed by atoms with Crippen LogP contribution in [0.4, 0.5) is 0 Å². The maximum absolute atomic E-state index is 11.4. The van der Waals surface area contributed by atoms with E-state index in [1.54, 1.807) is 0 Å². The highest BCUT2D eigenvalue weighted by molar-refractivity contribution is 14.0. The van der Waals surface area contributed by atoms with Gasteiger partial charge in [0, 0.05) is 19.1 Å². The largest absolute Gasteiger partial charge is 0.370 e. The fraction of sp³-hybridized carbons (Fsp3) is 0.833. The minimum Gasteiger partial charge on any atom is -0.370 e. The Balaban J connectivity index is 0.00000162. The lowest BCUT2D eigenvalue weighted by Gasteiger charge is -2.30. The van der Waals surface area contributed by atoms with E-state index in [-0.39, 0.29) is 36.4 Å². The minimum atomic E-state index is -0.0131. The molecule has 5 nitrogen and oxygen atoms in total. The highest BCUT2D eigenvalue weighted by Gasteiger charge is 2.23. The number of nitrogens with one attached hydrogen (secondary N) is 1. The van der Waals surface area contributed by atoms with Gasteiger partial charge in [-0.05, 0) is 31.6 Å². The second-order valence-electron chi connectivity index (χ2n) is 5.19.